The second kappa shape index (κ2) is 7.92. The monoisotopic (exact) mass is 328 g/mol. The van der Waals surface area contributed by atoms with Crippen molar-refractivity contribution in [3.8, 4) is 0 Å². The van der Waals surface area contributed by atoms with E-state index in [9.17, 15) is 8.78 Å². The van der Waals surface area contributed by atoms with Gasteiger partial charge in [0.15, 0.2) is 11.6 Å². The highest BCUT2D eigenvalue weighted by atomic mass is 19.2. The quantitative estimate of drug-likeness (QED) is 0.606. The first-order valence-electron chi connectivity index (χ1n) is 9.20. The molecular weight excluding hydrogens is 302 g/mol. The topological polar surface area (TPSA) is 0 Å². The second-order valence-electron chi connectivity index (χ2n) is 7.10. The predicted octanol–water partition coefficient (Wildman–Crippen LogP) is 6.05. The Kier molecular flexibility index (Phi) is 5.65. The Hall–Kier alpha value is -1.70. The third-order valence-corrected chi connectivity index (χ3v) is 5.26. The summed E-state index contributed by atoms with van der Waals surface area (Å²) in [6.45, 7) is 2.22. The van der Waals surface area contributed by atoms with E-state index in [1.165, 1.54) is 36.1 Å². The lowest BCUT2D eigenvalue weighted by atomic mass is 9.81. The Morgan fingerprint density at radius 2 is 1.54 bits per heavy atom. The molecule has 24 heavy (non-hydrogen) atoms. The summed E-state index contributed by atoms with van der Waals surface area (Å²) in [6, 6.07) is 11.8. The fourth-order valence-electron chi connectivity index (χ4n) is 3.70. The standard InChI is InChI=1S/C22H26F2/c1-2-3-4-16-5-7-17(8-6-16)9-10-18-11-12-19-14-21(23)22(24)15-20(19)13-18/h5-8,14-15,18H,2-4,9-13H2,1H3. The SMILES string of the molecule is CCCCc1ccc(CCC2CCc3cc(F)c(F)cc3C2)cc1. The highest BCUT2D eigenvalue weighted by Gasteiger charge is 2.20. The zero-order valence-corrected chi connectivity index (χ0v) is 14.5. The summed E-state index contributed by atoms with van der Waals surface area (Å²) in [5, 5.41) is 0. The van der Waals surface area contributed by atoms with Crippen molar-refractivity contribution >= 4 is 0 Å². The number of unbranched alkanes of at least 4 members (excludes halogenated alkanes) is 1. The van der Waals surface area contributed by atoms with Crippen LogP contribution in [0.4, 0.5) is 8.78 Å². The molecule has 1 unspecified atom stereocenters. The van der Waals surface area contributed by atoms with E-state index in [0.717, 1.165) is 49.7 Å². The molecule has 0 amide bonds. The first kappa shape index (κ1) is 17.1. The van der Waals surface area contributed by atoms with Gasteiger partial charge in [0.05, 0.1) is 0 Å². The minimum absolute atomic E-state index is 0.571. The maximum absolute atomic E-state index is 13.4. The van der Waals surface area contributed by atoms with Crippen molar-refractivity contribution in [2.45, 2.75) is 58.3 Å². The van der Waals surface area contributed by atoms with Crippen LogP contribution >= 0.6 is 0 Å². The minimum atomic E-state index is -0.713. The molecule has 0 heterocycles. The van der Waals surface area contributed by atoms with Crippen LogP contribution in [0.15, 0.2) is 36.4 Å². The molecule has 128 valence electrons. The van der Waals surface area contributed by atoms with Gasteiger partial charge in [-0.3, -0.25) is 0 Å². The molecule has 1 aliphatic carbocycles. The highest BCUT2D eigenvalue weighted by molar-refractivity contribution is 5.31. The van der Waals surface area contributed by atoms with Crippen molar-refractivity contribution in [3.63, 3.8) is 0 Å². The number of hydrogen-bond acceptors (Lipinski definition) is 0. The molecule has 3 rings (SSSR count). The van der Waals surface area contributed by atoms with Gasteiger partial charge in [-0.05, 0) is 85.3 Å². The van der Waals surface area contributed by atoms with Gasteiger partial charge in [0.25, 0.3) is 0 Å². The normalized spacial score (nSPS) is 16.9. The summed E-state index contributed by atoms with van der Waals surface area (Å²) in [7, 11) is 0. The van der Waals surface area contributed by atoms with Crippen LogP contribution in [0.1, 0.15) is 54.9 Å². The number of hydrogen-bond donors (Lipinski definition) is 0. The Morgan fingerprint density at radius 3 is 2.21 bits per heavy atom. The van der Waals surface area contributed by atoms with E-state index in [1.807, 2.05) is 0 Å². The van der Waals surface area contributed by atoms with Gasteiger partial charge in [0.1, 0.15) is 0 Å². The van der Waals surface area contributed by atoms with Crippen LogP contribution in [0, 0.1) is 17.6 Å². The zero-order valence-electron chi connectivity index (χ0n) is 14.5. The summed E-state index contributed by atoms with van der Waals surface area (Å²) in [5.74, 6) is -0.852. The van der Waals surface area contributed by atoms with E-state index in [1.54, 1.807) is 0 Å². The molecule has 0 saturated heterocycles. The molecule has 0 aromatic heterocycles. The summed E-state index contributed by atoms with van der Waals surface area (Å²) < 4.78 is 26.7. The Bertz CT molecular complexity index is 673. The van der Waals surface area contributed by atoms with Crippen molar-refractivity contribution < 1.29 is 8.78 Å². The van der Waals surface area contributed by atoms with Gasteiger partial charge in [-0.1, -0.05) is 37.6 Å². The fraction of sp³-hybridized carbons (Fsp3) is 0.455. The van der Waals surface area contributed by atoms with Crippen LogP contribution in [-0.4, -0.2) is 0 Å². The Morgan fingerprint density at radius 1 is 0.917 bits per heavy atom. The van der Waals surface area contributed by atoms with Crippen LogP contribution in [0.2, 0.25) is 0 Å². The number of aryl methyl sites for hydroxylation is 3. The molecule has 0 bridgehead atoms. The van der Waals surface area contributed by atoms with Crippen molar-refractivity contribution in [2.75, 3.05) is 0 Å². The van der Waals surface area contributed by atoms with E-state index >= 15 is 0 Å². The maximum atomic E-state index is 13.4. The largest absolute Gasteiger partial charge is 0.204 e. The molecule has 0 spiro atoms. The lowest BCUT2D eigenvalue weighted by Gasteiger charge is -2.24. The molecule has 2 aromatic carbocycles. The molecule has 2 aromatic rings. The van der Waals surface area contributed by atoms with Crippen molar-refractivity contribution in [1.29, 1.82) is 0 Å². The maximum Gasteiger partial charge on any atom is 0.159 e. The van der Waals surface area contributed by atoms with E-state index < -0.39 is 11.6 Å². The number of fused-ring (bicyclic) bond motifs is 1. The Balaban J connectivity index is 1.55. The van der Waals surface area contributed by atoms with Gasteiger partial charge in [-0.2, -0.15) is 0 Å². The van der Waals surface area contributed by atoms with Crippen LogP contribution in [0.3, 0.4) is 0 Å². The number of rotatable bonds is 6. The molecule has 2 heteroatoms. The zero-order chi connectivity index (χ0) is 16.9. The lowest BCUT2D eigenvalue weighted by Crippen LogP contribution is -2.16. The van der Waals surface area contributed by atoms with Crippen LogP contribution in [-0.2, 0) is 25.7 Å². The molecule has 1 atom stereocenters. The molecule has 0 saturated carbocycles. The van der Waals surface area contributed by atoms with Gasteiger partial charge in [0.2, 0.25) is 0 Å². The highest BCUT2D eigenvalue weighted by Crippen LogP contribution is 2.30. The minimum Gasteiger partial charge on any atom is -0.204 e. The van der Waals surface area contributed by atoms with Gasteiger partial charge in [0, 0.05) is 0 Å². The molecular formula is C22H26F2. The third kappa shape index (κ3) is 4.23. The first-order chi connectivity index (χ1) is 11.7. The summed E-state index contributed by atoms with van der Waals surface area (Å²) in [5.41, 5.74) is 4.79. The lowest BCUT2D eigenvalue weighted by molar-refractivity contribution is 0.421. The van der Waals surface area contributed by atoms with Gasteiger partial charge in [-0.25, -0.2) is 8.78 Å². The van der Waals surface area contributed by atoms with Crippen LogP contribution in [0.5, 0.6) is 0 Å². The smallest absolute Gasteiger partial charge is 0.159 e. The summed E-state index contributed by atoms with van der Waals surface area (Å²) >= 11 is 0. The third-order valence-electron chi connectivity index (χ3n) is 5.26. The van der Waals surface area contributed by atoms with Crippen molar-refractivity contribution in [1.82, 2.24) is 0 Å². The van der Waals surface area contributed by atoms with E-state index in [4.69, 9.17) is 0 Å². The molecule has 0 fully saturated rings. The van der Waals surface area contributed by atoms with Gasteiger partial charge >= 0.3 is 0 Å². The average Bonchev–Trinajstić information content (AvgIpc) is 2.60. The summed E-state index contributed by atoms with van der Waals surface area (Å²) in [6.07, 6.45) is 8.65. The number of halogens is 2. The molecule has 0 aliphatic heterocycles. The molecule has 0 nitrogen and oxygen atoms in total. The fourth-order valence-corrected chi connectivity index (χ4v) is 3.70. The molecule has 0 N–H and O–H groups in total. The van der Waals surface area contributed by atoms with E-state index in [0.29, 0.717) is 5.92 Å². The van der Waals surface area contributed by atoms with E-state index in [-0.39, 0.29) is 0 Å². The van der Waals surface area contributed by atoms with Gasteiger partial charge < -0.3 is 0 Å². The van der Waals surface area contributed by atoms with Crippen LogP contribution < -0.4 is 0 Å². The average molecular weight is 328 g/mol. The van der Waals surface area contributed by atoms with Crippen molar-refractivity contribution in [3.05, 3.63) is 70.3 Å². The Labute approximate surface area is 143 Å². The van der Waals surface area contributed by atoms with Crippen LogP contribution in [0.25, 0.3) is 0 Å². The summed E-state index contributed by atoms with van der Waals surface area (Å²) in [4.78, 5) is 0. The first-order valence-corrected chi connectivity index (χ1v) is 9.20. The second-order valence-corrected chi connectivity index (χ2v) is 7.10. The van der Waals surface area contributed by atoms with Gasteiger partial charge in [-0.15, -0.1) is 0 Å². The van der Waals surface area contributed by atoms with E-state index in [2.05, 4.69) is 31.2 Å². The molecule has 0 radical (unpaired) electrons. The molecule has 1 aliphatic rings. The predicted molar refractivity (Wildman–Crippen MR) is 95.2 cm³/mol. The van der Waals surface area contributed by atoms with Crippen molar-refractivity contribution in [2.24, 2.45) is 5.92 Å². The number of benzene rings is 2.